The molecule has 1 heterocycles. The van der Waals surface area contributed by atoms with Crippen LogP contribution in [-0.4, -0.2) is 60.1 Å². The van der Waals surface area contributed by atoms with Gasteiger partial charge in [-0.2, -0.15) is 5.26 Å². The van der Waals surface area contributed by atoms with Crippen molar-refractivity contribution >= 4 is 5.91 Å². The molecule has 1 rings (SSSR count). The van der Waals surface area contributed by atoms with Gasteiger partial charge in [-0.15, -0.1) is 0 Å². The van der Waals surface area contributed by atoms with Gasteiger partial charge in [-0.25, -0.2) is 0 Å². The van der Waals surface area contributed by atoms with Gasteiger partial charge in [0.25, 0.3) is 0 Å². The Kier molecular flexibility index (Phi) is 5.95. The molecule has 0 spiro atoms. The van der Waals surface area contributed by atoms with Crippen LogP contribution in [0.5, 0.6) is 0 Å². The van der Waals surface area contributed by atoms with E-state index < -0.39 is 0 Å². The van der Waals surface area contributed by atoms with Crippen molar-refractivity contribution in [2.75, 3.05) is 33.2 Å². The number of rotatable bonds is 5. The zero-order valence-corrected chi connectivity index (χ0v) is 10.4. The van der Waals surface area contributed by atoms with Gasteiger partial charge in [0, 0.05) is 19.5 Å². The molecule has 1 aliphatic heterocycles. The van der Waals surface area contributed by atoms with E-state index in [0.717, 1.165) is 13.0 Å². The maximum atomic E-state index is 11.9. The van der Waals surface area contributed by atoms with Crippen LogP contribution >= 0.6 is 0 Å². The molecule has 96 valence electrons. The SMILES string of the molecule is CN(CCCC#N)CC(=O)N1CCC(O)CC1. The number of hydrogen-bond acceptors (Lipinski definition) is 4. The first-order valence-corrected chi connectivity index (χ1v) is 6.15. The molecule has 17 heavy (non-hydrogen) atoms. The van der Waals surface area contributed by atoms with Crippen molar-refractivity contribution in [2.45, 2.75) is 31.8 Å². The number of nitrogens with zero attached hydrogens (tertiary/aromatic N) is 3. The molecular formula is C12H21N3O2. The fraction of sp³-hybridized carbons (Fsp3) is 0.833. The predicted molar refractivity (Wildman–Crippen MR) is 64.2 cm³/mol. The third kappa shape index (κ3) is 5.16. The predicted octanol–water partition coefficient (Wildman–Crippen LogP) is 0.205. The number of likely N-dealkylation sites (N-methyl/N-ethyl adjacent to an activating group) is 1. The first kappa shape index (κ1) is 13.9. The number of nitriles is 1. The summed E-state index contributed by atoms with van der Waals surface area (Å²) in [7, 11) is 1.90. The van der Waals surface area contributed by atoms with Crippen LogP contribution in [0.15, 0.2) is 0 Å². The third-order valence-electron chi connectivity index (χ3n) is 3.05. The fourth-order valence-electron chi connectivity index (χ4n) is 1.95. The Morgan fingerprint density at radius 1 is 1.53 bits per heavy atom. The van der Waals surface area contributed by atoms with Crippen LogP contribution in [0.25, 0.3) is 0 Å². The minimum absolute atomic E-state index is 0.122. The van der Waals surface area contributed by atoms with Crippen LogP contribution in [0.4, 0.5) is 0 Å². The first-order valence-electron chi connectivity index (χ1n) is 6.15. The van der Waals surface area contributed by atoms with Gasteiger partial charge < -0.3 is 10.0 Å². The zero-order valence-electron chi connectivity index (χ0n) is 10.4. The quantitative estimate of drug-likeness (QED) is 0.696. The highest BCUT2D eigenvalue weighted by atomic mass is 16.3. The number of hydrogen-bond donors (Lipinski definition) is 1. The standard InChI is InChI=1S/C12H21N3O2/c1-14(7-3-2-6-13)10-12(17)15-8-4-11(16)5-9-15/h11,16H,2-5,7-10H2,1H3. The Hall–Kier alpha value is -1.12. The van der Waals surface area contributed by atoms with Gasteiger partial charge in [0.2, 0.25) is 5.91 Å². The molecule has 0 atom stereocenters. The molecule has 0 radical (unpaired) electrons. The van der Waals surface area contributed by atoms with Gasteiger partial charge in [-0.05, 0) is 32.9 Å². The molecule has 1 N–H and O–H groups in total. The fourth-order valence-corrected chi connectivity index (χ4v) is 1.95. The lowest BCUT2D eigenvalue weighted by Crippen LogP contribution is -2.44. The van der Waals surface area contributed by atoms with Gasteiger partial charge in [-0.3, -0.25) is 9.69 Å². The zero-order chi connectivity index (χ0) is 12.7. The molecule has 1 fully saturated rings. The summed E-state index contributed by atoms with van der Waals surface area (Å²) >= 11 is 0. The van der Waals surface area contributed by atoms with E-state index in [1.54, 1.807) is 0 Å². The molecule has 5 nitrogen and oxygen atoms in total. The number of unbranched alkanes of at least 4 members (excludes halogenated alkanes) is 1. The van der Waals surface area contributed by atoms with Gasteiger partial charge in [0.05, 0.1) is 18.7 Å². The molecule has 0 aromatic rings. The molecule has 1 amide bonds. The summed E-state index contributed by atoms with van der Waals surface area (Å²) < 4.78 is 0. The summed E-state index contributed by atoms with van der Waals surface area (Å²) in [5.41, 5.74) is 0. The molecule has 0 saturated carbocycles. The Morgan fingerprint density at radius 2 is 2.18 bits per heavy atom. The molecule has 0 aromatic carbocycles. The van der Waals surface area contributed by atoms with Crippen LogP contribution in [-0.2, 0) is 4.79 Å². The van der Waals surface area contributed by atoms with Crippen molar-refractivity contribution in [3.63, 3.8) is 0 Å². The number of piperidine rings is 1. The Balaban J connectivity index is 2.22. The maximum Gasteiger partial charge on any atom is 0.236 e. The Morgan fingerprint density at radius 3 is 2.76 bits per heavy atom. The summed E-state index contributed by atoms with van der Waals surface area (Å²) in [6, 6.07) is 2.09. The maximum absolute atomic E-state index is 11.9. The van der Waals surface area contributed by atoms with Crippen LogP contribution < -0.4 is 0 Å². The highest BCUT2D eigenvalue weighted by Gasteiger charge is 2.21. The van der Waals surface area contributed by atoms with E-state index in [1.807, 2.05) is 16.8 Å². The van der Waals surface area contributed by atoms with Gasteiger partial charge in [0.15, 0.2) is 0 Å². The lowest BCUT2D eigenvalue weighted by Gasteiger charge is -2.31. The van der Waals surface area contributed by atoms with Crippen molar-refractivity contribution in [1.82, 2.24) is 9.80 Å². The number of amides is 1. The van der Waals surface area contributed by atoms with E-state index in [2.05, 4.69) is 6.07 Å². The van der Waals surface area contributed by atoms with E-state index in [0.29, 0.717) is 38.9 Å². The highest BCUT2D eigenvalue weighted by Crippen LogP contribution is 2.10. The van der Waals surface area contributed by atoms with Gasteiger partial charge in [-0.1, -0.05) is 0 Å². The van der Waals surface area contributed by atoms with Crippen molar-refractivity contribution in [2.24, 2.45) is 0 Å². The smallest absolute Gasteiger partial charge is 0.236 e. The monoisotopic (exact) mass is 239 g/mol. The number of carbonyl (C=O) groups is 1. The van der Waals surface area contributed by atoms with Crippen molar-refractivity contribution in [3.05, 3.63) is 0 Å². The van der Waals surface area contributed by atoms with E-state index >= 15 is 0 Å². The topological polar surface area (TPSA) is 67.6 Å². The number of carbonyl (C=O) groups excluding carboxylic acids is 1. The molecule has 1 aliphatic rings. The average Bonchev–Trinajstić information content (AvgIpc) is 2.30. The molecule has 0 bridgehead atoms. The van der Waals surface area contributed by atoms with Crippen LogP contribution in [0.1, 0.15) is 25.7 Å². The molecule has 5 heteroatoms. The molecular weight excluding hydrogens is 218 g/mol. The minimum Gasteiger partial charge on any atom is -0.393 e. The Bertz CT molecular complexity index is 280. The lowest BCUT2D eigenvalue weighted by molar-refractivity contribution is -0.134. The average molecular weight is 239 g/mol. The van der Waals surface area contributed by atoms with Crippen molar-refractivity contribution in [1.29, 1.82) is 5.26 Å². The normalized spacial score (nSPS) is 17.2. The van der Waals surface area contributed by atoms with Crippen LogP contribution in [0.2, 0.25) is 0 Å². The minimum atomic E-state index is -0.243. The van der Waals surface area contributed by atoms with Crippen molar-refractivity contribution in [3.8, 4) is 6.07 Å². The molecule has 0 aromatic heterocycles. The summed E-state index contributed by atoms with van der Waals surface area (Å²) in [4.78, 5) is 15.6. The lowest BCUT2D eigenvalue weighted by atomic mass is 10.1. The van der Waals surface area contributed by atoms with Gasteiger partial charge in [0.1, 0.15) is 0 Å². The first-order chi connectivity index (χ1) is 8.13. The largest absolute Gasteiger partial charge is 0.393 e. The number of likely N-dealkylation sites (tertiary alicyclic amines) is 1. The van der Waals surface area contributed by atoms with Crippen LogP contribution in [0, 0.1) is 11.3 Å². The number of aliphatic hydroxyl groups excluding tert-OH is 1. The van der Waals surface area contributed by atoms with E-state index in [-0.39, 0.29) is 12.0 Å². The van der Waals surface area contributed by atoms with Crippen molar-refractivity contribution < 1.29 is 9.90 Å². The van der Waals surface area contributed by atoms with Crippen LogP contribution in [0.3, 0.4) is 0 Å². The number of aliphatic hydroxyl groups is 1. The van der Waals surface area contributed by atoms with Gasteiger partial charge >= 0.3 is 0 Å². The van der Waals surface area contributed by atoms with E-state index in [9.17, 15) is 9.90 Å². The second-order valence-corrected chi connectivity index (χ2v) is 4.61. The van der Waals surface area contributed by atoms with E-state index in [1.165, 1.54) is 0 Å². The summed E-state index contributed by atoms with van der Waals surface area (Å²) in [6.07, 6.45) is 2.47. The molecule has 0 aliphatic carbocycles. The second kappa shape index (κ2) is 7.25. The molecule has 0 unspecified atom stereocenters. The highest BCUT2D eigenvalue weighted by molar-refractivity contribution is 5.78. The summed E-state index contributed by atoms with van der Waals surface area (Å²) in [5, 5.41) is 17.8. The summed E-state index contributed by atoms with van der Waals surface area (Å²) in [6.45, 7) is 2.50. The summed E-state index contributed by atoms with van der Waals surface area (Å²) in [5.74, 6) is 0.122. The molecule has 1 saturated heterocycles. The second-order valence-electron chi connectivity index (χ2n) is 4.61. The van der Waals surface area contributed by atoms with E-state index in [4.69, 9.17) is 5.26 Å². The third-order valence-corrected chi connectivity index (χ3v) is 3.05. The Labute approximate surface area is 103 Å².